The number of likely N-dealkylation sites (tertiary alicyclic amines) is 1. The lowest BCUT2D eigenvalue weighted by molar-refractivity contribution is -0.192. The molecule has 0 radical (unpaired) electrons. The van der Waals surface area contributed by atoms with Crippen LogP contribution in [0.15, 0.2) is 41.6 Å². The molecule has 13 heteroatoms. The second-order valence-corrected chi connectivity index (χ2v) is 11.3. The lowest BCUT2D eigenvalue weighted by atomic mass is 9.78. The van der Waals surface area contributed by atoms with Gasteiger partial charge in [0.05, 0.1) is 12.8 Å². The van der Waals surface area contributed by atoms with Gasteiger partial charge in [0.2, 0.25) is 10.0 Å². The van der Waals surface area contributed by atoms with Crippen LogP contribution in [-0.2, 0) is 28.4 Å². The number of hydrogen-bond acceptors (Lipinski definition) is 6. The molecule has 0 atom stereocenters. The largest absolute Gasteiger partial charge is 0.492 e. The van der Waals surface area contributed by atoms with E-state index >= 15 is 0 Å². The summed E-state index contributed by atoms with van der Waals surface area (Å²) in [6.45, 7) is 7.67. The van der Waals surface area contributed by atoms with Gasteiger partial charge in [-0.3, -0.25) is 9.58 Å². The zero-order valence-electron chi connectivity index (χ0n) is 20.4. The molecule has 1 fully saturated rings. The minimum absolute atomic E-state index is 0.101. The summed E-state index contributed by atoms with van der Waals surface area (Å²) in [5.74, 6) is -2.29. The average molecular weight is 533 g/mol. The second kappa shape index (κ2) is 10.8. The summed E-state index contributed by atoms with van der Waals surface area (Å²) in [6, 6.07) is 6.90. The minimum atomic E-state index is -5.08. The van der Waals surface area contributed by atoms with Crippen LogP contribution in [0.3, 0.4) is 0 Å². The Morgan fingerprint density at radius 2 is 1.83 bits per heavy atom. The Kier molecular flexibility index (Phi) is 8.36. The van der Waals surface area contributed by atoms with Gasteiger partial charge in [0.25, 0.3) is 0 Å². The molecule has 1 aromatic heterocycles. The highest BCUT2D eigenvalue weighted by Gasteiger charge is 2.43. The van der Waals surface area contributed by atoms with E-state index in [0.717, 1.165) is 32.5 Å². The fourth-order valence-corrected chi connectivity index (χ4v) is 6.24. The Morgan fingerprint density at radius 1 is 1.22 bits per heavy atom. The number of rotatable bonds is 3. The van der Waals surface area contributed by atoms with E-state index in [4.69, 9.17) is 14.6 Å². The number of hydrogen-bond donors (Lipinski definition) is 1. The number of halogens is 3. The van der Waals surface area contributed by atoms with Gasteiger partial charge in [0, 0.05) is 43.4 Å². The summed E-state index contributed by atoms with van der Waals surface area (Å²) in [6.07, 6.45) is 0.697. The fraction of sp³-hybridized carbons (Fsp3) is 0.565. The molecule has 0 aliphatic carbocycles. The molecule has 36 heavy (non-hydrogen) atoms. The van der Waals surface area contributed by atoms with Crippen LogP contribution in [-0.4, -0.2) is 76.9 Å². The maximum absolute atomic E-state index is 13.4. The van der Waals surface area contributed by atoms with Crippen LogP contribution in [0.25, 0.3) is 0 Å². The van der Waals surface area contributed by atoms with Crippen molar-refractivity contribution in [2.24, 2.45) is 12.5 Å². The maximum Gasteiger partial charge on any atom is 0.490 e. The first-order valence-electron chi connectivity index (χ1n) is 11.5. The predicted molar refractivity (Wildman–Crippen MR) is 125 cm³/mol. The summed E-state index contributed by atoms with van der Waals surface area (Å²) < 4.78 is 68.1. The number of aromatic nitrogens is 2. The van der Waals surface area contributed by atoms with E-state index in [2.05, 4.69) is 10.00 Å². The molecule has 200 valence electrons. The number of carboxylic acids is 1. The number of fused-ring (bicyclic) bond motifs is 1. The van der Waals surface area contributed by atoms with Crippen LogP contribution in [0.1, 0.15) is 32.3 Å². The van der Waals surface area contributed by atoms with Crippen molar-refractivity contribution in [2.45, 2.75) is 50.3 Å². The van der Waals surface area contributed by atoms with Crippen molar-refractivity contribution in [3.05, 3.63) is 42.2 Å². The molecule has 4 rings (SSSR count). The molecule has 2 aliphatic heterocycles. The molecule has 1 N–H and O–H groups in total. The minimum Gasteiger partial charge on any atom is -0.492 e. The van der Waals surface area contributed by atoms with Crippen LogP contribution in [0.4, 0.5) is 13.2 Å². The zero-order valence-corrected chi connectivity index (χ0v) is 21.2. The number of piperidine rings is 1. The van der Waals surface area contributed by atoms with Crippen LogP contribution in [0.2, 0.25) is 0 Å². The average Bonchev–Trinajstić information content (AvgIpc) is 3.21. The summed E-state index contributed by atoms with van der Waals surface area (Å²) in [5, 5.41) is 11.4. The Bertz CT molecular complexity index is 1160. The number of nitrogens with zero attached hydrogens (tertiary/aromatic N) is 4. The molecule has 0 saturated carbocycles. The number of carbonyl (C=O) groups is 1. The quantitative estimate of drug-likeness (QED) is 0.648. The number of ether oxygens (including phenoxy) is 1. The Balaban J connectivity index is 0.000000454. The number of para-hydroxylation sites is 1. The van der Waals surface area contributed by atoms with Gasteiger partial charge in [-0.25, -0.2) is 13.2 Å². The van der Waals surface area contributed by atoms with Crippen molar-refractivity contribution < 1.29 is 36.2 Å². The number of benzene rings is 1. The van der Waals surface area contributed by atoms with E-state index in [1.165, 1.54) is 5.56 Å². The van der Waals surface area contributed by atoms with Gasteiger partial charge < -0.3 is 9.84 Å². The van der Waals surface area contributed by atoms with E-state index in [1.807, 2.05) is 44.0 Å². The predicted octanol–water partition coefficient (Wildman–Crippen LogP) is 3.13. The number of aliphatic carboxylic acids is 1. The standard InChI is InChI=1S/C21H30N4O3S.C2HF3O2/c1-17(2)25-15-21(16-28-19-6-4-5-7-20(19)29(25,26)27)8-10-24(11-9-21)14-18-12-22-23(3)13-18;3-2(4,5)1(6)7/h4-7,12-13,17H,8-11,14-16H2,1-3H3;(H,6,7). The normalized spacial score (nSPS) is 20.0. The highest BCUT2D eigenvalue weighted by Crippen LogP contribution is 2.40. The molecule has 0 amide bonds. The van der Waals surface area contributed by atoms with Gasteiger partial charge in [0.15, 0.2) is 0 Å². The molecule has 0 unspecified atom stereocenters. The third-order valence-electron chi connectivity index (χ3n) is 6.36. The van der Waals surface area contributed by atoms with Gasteiger partial charge in [-0.1, -0.05) is 12.1 Å². The van der Waals surface area contributed by atoms with E-state index < -0.39 is 22.2 Å². The summed E-state index contributed by atoms with van der Waals surface area (Å²) in [4.78, 5) is 11.6. The lowest BCUT2D eigenvalue weighted by Gasteiger charge is -2.45. The molecule has 3 heterocycles. The van der Waals surface area contributed by atoms with Crippen molar-refractivity contribution in [2.75, 3.05) is 26.2 Å². The SMILES string of the molecule is CC(C)N1CC2(CCN(Cc3cnn(C)c3)CC2)COc2ccccc2S1(=O)=O.O=C(O)C(F)(F)F. The Morgan fingerprint density at radius 3 is 2.36 bits per heavy atom. The summed E-state index contributed by atoms with van der Waals surface area (Å²) >= 11 is 0. The molecule has 2 aromatic rings. The molecule has 1 spiro atoms. The summed E-state index contributed by atoms with van der Waals surface area (Å²) in [5.41, 5.74) is 1.04. The third-order valence-corrected chi connectivity index (χ3v) is 8.42. The smallest absolute Gasteiger partial charge is 0.490 e. The first kappa shape index (κ1) is 27.9. The second-order valence-electron chi connectivity index (χ2n) is 9.48. The topological polar surface area (TPSA) is 105 Å². The van der Waals surface area contributed by atoms with Crippen LogP contribution in [0, 0.1) is 5.41 Å². The maximum atomic E-state index is 13.4. The first-order chi connectivity index (χ1) is 16.7. The highest BCUT2D eigenvalue weighted by atomic mass is 32.2. The van der Waals surface area contributed by atoms with Crippen LogP contribution >= 0.6 is 0 Å². The first-order valence-corrected chi connectivity index (χ1v) is 12.9. The lowest BCUT2D eigenvalue weighted by Crippen LogP contribution is -2.52. The third kappa shape index (κ3) is 6.56. The molecule has 1 aromatic carbocycles. The molecular weight excluding hydrogens is 501 g/mol. The molecular formula is C23H31F3N4O5S. The number of sulfonamides is 1. The van der Waals surface area contributed by atoms with E-state index in [9.17, 15) is 21.6 Å². The van der Waals surface area contributed by atoms with Crippen LogP contribution < -0.4 is 4.74 Å². The van der Waals surface area contributed by atoms with Gasteiger partial charge in [-0.05, 0) is 51.9 Å². The highest BCUT2D eigenvalue weighted by molar-refractivity contribution is 7.89. The number of alkyl halides is 3. The van der Waals surface area contributed by atoms with Gasteiger partial charge in [0.1, 0.15) is 10.6 Å². The Labute approximate surface area is 208 Å². The molecule has 0 bridgehead atoms. The van der Waals surface area contributed by atoms with Crippen molar-refractivity contribution >= 4 is 16.0 Å². The summed E-state index contributed by atoms with van der Waals surface area (Å²) in [7, 11) is -1.66. The van der Waals surface area contributed by atoms with Crippen molar-refractivity contribution in [3.8, 4) is 5.75 Å². The molecule has 1 saturated heterocycles. The van der Waals surface area contributed by atoms with Crippen molar-refractivity contribution in [3.63, 3.8) is 0 Å². The van der Waals surface area contributed by atoms with Crippen molar-refractivity contribution in [1.29, 1.82) is 0 Å². The number of aryl methyl sites for hydroxylation is 1. The monoisotopic (exact) mass is 532 g/mol. The molecule has 2 aliphatic rings. The van der Waals surface area contributed by atoms with E-state index in [0.29, 0.717) is 18.9 Å². The Hall–Kier alpha value is -2.64. The van der Waals surface area contributed by atoms with E-state index in [-0.39, 0.29) is 16.4 Å². The van der Waals surface area contributed by atoms with E-state index in [1.54, 1.807) is 22.5 Å². The number of carboxylic acid groups (broad SMARTS) is 1. The van der Waals surface area contributed by atoms with Gasteiger partial charge in [-0.15, -0.1) is 0 Å². The molecule has 9 nitrogen and oxygen atoms in total. The van der Waals surface area contributed by atoms with Gasteiger partial charge in [-0.2, -0.15) is 22.6 Å². The fourth-order valence-electron chi connectivity index (χ4n) is 4.36. The van der Waals surface area contributed by atoms with Gasteiger partial charge >= 0.3 is 12.1 Å². The van der Waals surface area contributed by atoms with Crippen LogP contribution in [0.5, 0.6) is 5.75 Å². The zero-order chi connectivity index (χ0) is 26.7. The van der Waals surface area contributed by atoms with Crippen molar-refractivity contribution in [1.82, 2.24) is 19.0 Å².